The molecule has 7 heteroatoms. The van der Waals surface area contributed by atoms with Crippen LogP contribution in [0.3, 0.4) is 0 Å². The van der Waals surface area contributed by atoms with Crippen molar-refractivity contribution in [1.82, 2.24) is 0 Å². The minimum Gasteiger partial charge on any atom is -0.478 e. The first-order valence-corrected chi connectivity index (χ1v) is 7.38. The van der Waals surface area contributed by atoms with Crippen molar-refractivity contribution in [3.8, 4) is 0 Å². The molecule has 19 heavy (non-hydrogen) atoms. The topological polar surface area (TPSA) is 57.6 Å². The second-order valence-corrected chi connectivity index (χ2v) is 6.00. The largest absolute Gasteiger partial charge is 0.478 e. The van der Waals surface area contributed by atoms with E-state index < -0.39 is 5.97 Å². The van der Waals surface area contributed by atoms with Gasteiger partial charge in [0.15, 0.2) is 0 Å². The maximum atomic E-state index is 12.0. The van der Waals surface area contributed by atoms with Gasteiger partial charge in [-0.1, -0.05) is 11.6 Å². The maximum absolute atomic E-state index is 12.0. The van der Waals surface area contributed by atoms with Crippen LogP contribution in [0.2, 0.25) is 5.02 Å². The minimum atomic E-state index is -1.11. The Morgan fingerprint density at radius 2 is 2.26 bits per heavy atom. The molecule has 102 valence electrons. The van der Waals surface area contributed by atoms with Crippen LogP contribution < -0.4 is 4.90 Å². The minimum absolute atomic E-state index is 0.0209. The molecule has 1 saturated heterocycles. The Morgan fingerprint density at radius 3 is 2.79 bits per heavy atom. The summed E-state index contributed by atoms with van der Waals surface area (Å²) in [4.78, 5) is 24.8. The smallest absolute Gasteiger partial charge is 0.337 e. The third-order valence-electron chi connectivity index (χ3n) is 2.99. The van der Waals surface area contributed by atoms with E-state index in [1.807, 2.05) is 0 Å². The molecule has 1 unspecified atom stereocenters. The SMILES string of the molecule is O=C(O)c1cc(Cl)cc(Br)c1N1CC(CS)CC1=O. The third-order valence-corrected chi connectivity index (χ3v) is 4.33. The summed E-state index contributed by atoms with van der Waals surface area (Å²) >= 11 is 13.3. The Balaban J connectivity index is 2.50. The fourth-order valence-electron chi connectivity index (χ4n) is 2.12. The van der Waals surface area contributed by atoms with Crippen molar-refractivity contribution >= 4 is 57.7 Å². The molecule has 0 radical (unpaired) electrons. The van der Waals surface area contributed by atoms with Gasteiger partial charge in [-0.2, -0.15) is 12.6 Å². The van der Waals surface area contributed by atoms with Crippen LogP contribution in [0.25, 0.3) is 0 Å². The van der Waals surface area contributed by atoms with Gasteiger partial charge >= 0.3 is 5.97 Å². The molecular formula is C12H11BrClNO3S. The normalized spacial score (nSPS) is 19.0. The molecule has 1 N–H and O–H groups in total. The van der Waals surface area contributed by atoms with E-state index in [-0.39, 0.29) is 17.4 Å². The molecule has 1 atom stereocenters. The molecule has 1 aromatic carbocycles. The average Bonchev–Trinajstić information content (AvgIpc) is 2.69. The molecule has 1 fully saturated rings. The van der Waals surface area contributed by atoms with Crippen LogP contribution >= 0.6 is 40.2 Å². The van der Waals surface area contributed by atoms with E-state index in [4.69, 9.17) is 11.6 Å². The van der Waals surface area contributed by atoms with Crippen LogP contribution in [0.4, 0.5) is 5.69 Å². The van der Waals surface area contributed by atoms with Crippen molar-refractivity contribution in [1.29, 1.82) is 0 Å². The Labute approximate surface area is 129 Å². The first-order valence-electron chi connectivity index (χ1n) is 5.57. The summed E-state index contributed by atoms with van der Waals surface area (Å²) in [6.45, 7) is 0.475. The number of carbonyl (C=O) groups excluding carboxylic acids is 1. The monoisotopic (exact) mass is 363 g/mol. The molecule has 1 aromatic rings. The molecule has 0 bridgehead atoms. The highest BCUT2D eigenvalue weighted by Gasteiger charge is 2.33. The highest BCUT2D eigenvalue weighted by molar-refractivity contribution is 9.10. The number of nitrogens with zero attached hydrogens (tertiary/aromatic N) is 1. The fraction of sp³-hybridized carbons (Fsp3) is 0.333. The second kappa shape index (κ2) is 5.73. The van der Waals surface area contributed by atoms with E-state index in [1.165, 1.54) is 11.0 Å². The lowest BCUT2D eigenvalue weighted by Gasteiger charge is -2.20. The molecule has 4 nitrogen and oxygen atoms in total. The summed E-state index contributed by atoms with van der Waals surface area (Å²) in [6.07, 6.45) is 0.387. The maximum Gasteiger partial charge on any atom is 0.337 e. The molecule has 0 aromatic heterocycles. The predicted molar refractivity (Wildman–Crippen MR) is 80.4 cm³/mol. The Morgan fingerprint density at radius 1 is 1.58 bits per heavy atom. The van der Waals surface area contributed by atoms with Gasteiger partial charge in [-0.25, -0.2) is 4.79 Å². The van der Waals surface area contributed by atoms with Crippen molar-refractivity contribution in [3.63, 3.8) is 0 Å². The molecule has 1 aliphatic heterocycles. The lowest BCUT2D eigenvalue weighted by Crippen LogP contribution is -2.27. The summed E-state index contributed by atoms with van der Waals surface area (Å²) in [7, 11) is 0. The second-order valence-electron chi connectivity index (χ2n) is 4.35. The zero-order chi connectivity index (χ0) is 14.2. The van der Waals surface area contributed by atoms with Gasteiger partial charge in [0.25, 0.3) is 0 Å². The molecule has 0 saturated carbocycles. The van der Waals surface area contributed by atoms with Crippen LogP contribution in [0.15, 0.2) is 16.6 Å². The lowest BCUT2D eigenvalue weighted by molar-refractivity contribution is -0.117. The molecule has 0 aliphatic carbocycles. The van der Waals surface area contributed by atoms with Crippen molar-refractivity contribution in [2.24, 2.45) is 5.92 Å². The zero-order valence-corrected chi connectivity index (χ0v) is 13.0. The Bertz CT molecular complexity index is 552. The standard InChI is InChI=1S/C12H11BrClNO3S/c13-9-3-7(14)2-8(12(17)18)11(9)15-4-6(5-19)1-10(15)16/h2-3,6,19H,1,4-5H2,(H,17,18). The van der Waals surface area contributed by atoms with Gasteiger partial charge in [-0.15, -0.1) is 0 Å². The van der Waals surface area contributed by atoms with Crippen molar-refractivity contribution in [2.45, 2.75) is 6.42 Å². The van der Waals surface area contributed by atoms with Gasteiger partial charge in [0, 0.05) is 22.5 Å². The number of amides is 1. The summed E-state index contributed by atoms with van der Waals surface area (Å²) in [5.74, 6) is -0.472. The van der Waals surface area contributed by atoms with Crippen LogP contribution in [0.5, 0.6) is 0 Å². The number of hydrogen-bond acceptors (Lipinski definition) is 3. The van der Waals surface area contributed by atoms with E-state index in [2.05, 4.69) is 28.6 Å². The average molecular weight is 365 g/mol. The van der Waals surface area contributed by atoms with E-state index in [9.17, 15) is 14.7 Å². The van der Waals surface area contributed by atoms with Crippen LogP contribution in [0, 0.1) is 5.92 Å². The highest BCUT2D eigenvalue weighted by atomic mass is 79.9. The van der Waals surface area contributed by atoms with E-state index >= 15 is 0 Å². The van der Waals surface area contributed by atoms with E-state index in [0.717, 1.165) is 0 Å². The number of carboxylic acid groups (broad SMARTS) is 1. The van der Waals surface area contributed by atoms with E-state index in [0.29, 0.717) is 33.9 Å². The lowest BCUT2D eigenvalue weighted by atomic mass is 10.1. The van der Waals surface area contributed by atoms with Crippen molar-refractivity contribution < 1.29 is 14.7 Å². The molecule has 1 amide bonds. The first-order chi connectivity index (χ1) is 8.93. The van der Waals surface area contributed by atoms with Crippen molar-refractivity contribution in [2.75, 3.05) is 17.2 Å². The summed E-state index contributed by atoms with van der Waals surface area (Å²) in [6, 6.07) is 2.94. The highest BCUT2D eigenvalue weighted by Crippen LogP contribution is 2.37. The number of hydrogen-bond donors (Lipinski definition) is 2. The molecular weight excluding hydrogens is 354 g/mol. The number of carbonyl (C=O) groups is 2. The van der Waals surface area contributed by atoms with Gasteiger partial charge in [0.2, 0.25) is 5.91 Å². The number of anilines is 1. The summed E-state index contributed by atoms with van der Waals surface area (Å²) in [5, 5.41) is 9.56. The van der Waals surface area contributed by atoms with Gasteiger partial charge in [-0.05, 0) is 39.7 Å². The number of halogens is 2. The Kier molecular flexibility index (Phi) is 4.43. The van der Waals surface area contributed by atoms with Crippen LogP contribution in [0.1, 0.15) is 16.8 Å². The third kappa shape index (κ3) is 2.90. The van der Waals surface area contributed by atoms with E-state index in [1.54, 1.807) is 6.07 Å². The van der Waals surface area contributed by atoms with Crippen molar-refractivity contribution in [3.05, 3.63) is 27.2 Å². The molecule has 0 spiro atoms. The number of carboxylic acids is 1. The van der Waals surface area contributed by atoms with Gasteiger partial charge in [0.1, 0.15) is 0 Å². The van der Waals surface area contributed by atoms with Crippen LogP contribution in [-0.2, 0) is 4.79 Å². The number of rotatable bonds is 3. The molecule has 1 aliphatic rings. The number of aromatic carboxylic acids is 1. The molecule has 1 heterocycles. The quantitative estimate of drug-likeness (QED) is 0.810. The number of benzene rings is 1. The van der Waals surface area contributed by atoms with Crippen LogP contribution in [-0.4, -0.2) is 29.3 Å². The van der Waals surface area contributed by atoms with Gasteiger partial charge in [-0.3, -0.25) is 4.79 Å². The van der Waals surface area contributed by atoms with Gasteiger partial charge < -0.3 is 10.0 Å². The summed E-state index contributed by atoms with van der Waals surface area (Å²) < 4.78 is 0.505. The molecule has 2 rings (SSSR count). The predicted octanol–water partition coefficient (Wildman–Crippen LogP) is 3.08. The van der Waals surface area contributed by atoms with Gasteiger partial charge in [0.05, 0.1) is 11.3 Å². The Hall–Kier alpha value is -0.720. The number of thiol groups is 1. The first kappa shape index (κ1) is 14.7. The fourth-order valence-corrected chi connectivity index (χ4v) is 3.39. The summed E-state index contributed by atoms with van der Waals surface area (Å²) in [5.41, 5.74) is 0.388. The zero-order valence-electron chi connectivity index (χ0n) is 9.77.